The van der Waals surface area contributed by atoms with Crippen LogP contribution >= 0.6 is 0 Å². The average Bonchev–Trinajstić information content (AvgIpc) is 2.39. The van der Waals surface area contributed by atoms with Crippen molar-refractivity contribution in [2.24, 2.45) is 5.73 Å². The quantitative estimate of drug-likeness (QED) is 0.861. The Morgan fingerprint density at radius 1 is 0.889 bits per heavy atom. The first-order chi connectivity index (χ1) is 8.69. The third kappa shape index (κ3) is 3.21. The molecule has 0 bridgehead atoms. The van der Waals surface area contributed by atoms with Crippen molar-refractivity contribution in [3.05, 3.63) is 70.8 Å². The van der Waals surface area contributed by atoms with Gasteiger partial charge in [0.15, 0.2) is 0 Å². The molecular formula is C17H21N. The van der Waals surface area contributed by atoms with Crippen molar-refractivity contribution >= 4 is 0 Å². The molecule has 0 aliphatic carbocycles. The van der Waals surface area contributed by atoms with Gasteiger partial charge in [-0.05, 0) is 34.6 Å². The first kappa shape index (κ1) is 12.8. The van der Waals surface area contributed by atoms with Gasteiger partial charge in [0.2, 0.25) is 0 Å². The zero-order chi connectivity index (χ0) is 13.0. The Labute approximate surface area is 110 Å². The lowest BCUT2D eigenvalue weighted by atomic mass is 9.98. The smallest absolute Gasteiger partial charge is 0.0178 e. The Bertz CT molecular complexity index is 497. The van der Waals surface area contributed by atoms with Crippen molar-refractivity contribution < 1.29 is 0 Å². The highest BCUT2D eigenvalue weighted by Crippen LogP contribution is 2.17. The van der Waals surface area contributed by atoms with Gasteiger partial charge in [-0.2, -0.15) is 0 Å². The summed E-state index contributed by atoms with van der Waals surface area (Å²) in [4.78, 5) is 0. The summed E-state index contributed by atoms with van der Waals surface area (Å²) in [5.41, 5.74) is 10.9. The van der Waals surface area contributed by atoms with E-state index in [1.54, 1.807) is 0 Å². The van der Waals surface area contributed by atoms with Gasteiger partial charge < -0.3 is 5.73 Å². The van der Waals surface area contributed by atoms with E-state index in [0.717, 1.165) is 6.42 Å². The van der Waals surface area contributed by atoms with Gasteiger partial charge in [-0.1, -0.05) is 62.4 Å². The number of benzene rings is 2. The van der Waals surface area contributed by atoms with Crippen molar-refractivity contribution in [1.82, 2.24) is 0 Å². The van der Waals surface area contributed by atoms with Crippen LogP contribution in [0.25, 0.3) is 0 Å². The van der Waals surface area contributed by atoms with Gasteiger partial charge in [-0.25, -0.2) is 0 Å². The van der Waals surface area contributed by atoms with Crippen LogP contribution in [0.15, 0.2) is 48.5 Å². The molecule has 0 aliphatic heterocycles. The van der Waals surface area contributed by atoms with Crippen LogP contribution in [0.4, 0.5) is 0 Å². The van der Waals surface area contributed by atoms with Crippen molar-refractivity contribution in [1.29, 1.82) is 0 Å². The van der Waals surface area contributed by atoms with Gasteiger partial charge >= 0.3 is 0 Å². The Morgan fingerprint density at radius 3 is 2.17 bits per heavy atom. The van der Waals surface area contributed by atoms with Gasteiger partial charge in [0.05, 0.1) is 0 Å². The molecule has 0 aliphatic rings. The molecule has 0 spiro atoms. The molecule has 2 aromatic rings. The molecule has 94 valence electrons. The summed E-state index contributed by atoms with van der Waals surface area (Å²) < 4.78 is 0. The summed E-state index contributed by atoms with van der Waals surface area (Å²) in [6, 6.07) is 17.4. The summed E-state index contributed by atoms with van der Waals surface area (Å²) in [7, 11) is 0. The van der Waals surface area contributed by atoms with E-state index in [1.807, 2.05) is 0 Å². The zero-order valence-electron chi connectivity index (χ0n) is 11.2. The van der Waals surface area contributed by atoms with E-state index < -0.39 is 0 Å². The molecule has 0 aromatic heterocycles. The second-order valence-electron chi connectivity index (χ2n) is 5.10. The topological polar surface area (TPSA) is 26.0 Å². The molecule has 0 unspecified atom stereocenters. The van der Waals surface area contributed by atoms with Gasteiger partial charge in [0.25, 0.3) is 0 Å². The van der Waals surface area contributed by atoms with Crippen LogP contribution in [0.3, 0.4) is 0 Å². The van der Waals surface area contributed by atoms with Crippen molar-refractivity contribution in [2.45, 2.75) is 32.7 Å². The minimum Gasteiger partial charge on any atom is -0.326 e. The molecule has 0 saturated heterocycles. The van der Waals surface area contributed by atoms with E-state index in [4.69, 9.17) is 5.73 Å². The number of nitrogens with two attached hydrogens (primary N) is 1. The van der Waals surface area contributed by atoms with Crippen LogP contribution in [0.2, 0.25) is 0 Å². The van der Waals surface area contributed by atoms with E-state index in [-0.39, 0.29) is 0 Å². The van der Waals surface area contributed by atoms with E-state index in [9.17, 15) is 0 Å². The summed E-state index contributed by atoms with van der Waals surface area (Å²) in [6.07, 6.45) is 0.978. The highest BCUT2D eigenvalue weighted by atomic mass is 14.5. The summed E-state index contributed by atoms with van der Waals surface area (Å²) >= 11 is 0. The molecule has 1 nitrogen and oxygen atoms in total. The second-order valence-corrected chi connectivity index (χ2v) is 5.10. The normalized spacial score (nSPS) is 10.9. The lowest BCUT2D eigenvalue weighted by Crippen LogP contribution is -1.97. The Morgan fingerprint density at radius 2 is 1.56 bits per heavy atom. The standard InChI is InChI=1S/C17H21N/c1-13(2)17-8-6-14(7-9-17)10-15-4-3-5-16(11-15)12-18/h3-9,11,13H,10,12,18H2,1-2H3. The maximum absolute atomic E-state index is 5.67. The van der Waals surface area contributed by atoms with Crippen LogP contribution in [0.1, 0.15) is 42.0 Å². The van der Waals surface area contributed by atoms with Gasteiger partial charge in [-0.15, -0.1) is 0 Å². The summed E-state index contributed by atoms with van der Waals surface area (Å²) in [5, 5.41) is 0. The maximum atomic E-state index is 5.67. The van der Waals surface area contributed by atoms with Gasteiger partial charge in [0.1, 0.15) is 0 Å². The van der Waals surface area contributed by atoms with Crippen molar-refractivity contribution in [2.75, 3.05) is 0 Å². The zero-order valence-corrected chi connectivity index (χ0v) is 11.2. The van der Waals surface area contributed by atoms with E-state index in [0.29, 0.717) is 12.5 Å². The second kappa shape index (κ2) is 5.83. The third-order valence-corrected chi connectivity index (χ3v) is 3.28. The largest absolute Gasteiger partial charge is 0.326 e. The third-order valence-electron chi connectivity index (χ3n) is 3.28. The maximum Gasteiger partial charge on any atom is 0.0178 e. The van der Waals surface area contributed by atoms with Crippen LogP contribution in [0, 0.1) is 0 Å². The fraction of sp³-hybridized carbons (Fsp3) is 0.294. The molecule has 18 heavy (non-hydrogen) atoms. The first-order valence-electron chi connectivity index (χ1n) is 6.56. The summed E-state index contributed by atoms with van der Waals surface area (Å²) in [5.74, 6) is 0.597. The lowest BCUT2D eigenvalue weighted by Gasteiger charge is -2.08. The SMILES string of the molecule is CC(C)c1ccc(Cc2cccc(CN)c2)cc1. The number of hydrogen-bond acceptors (Lipinski definition) is 1. The van der Waals surface area contributed by atoms with Crippen LogP contribution in [-0.4, -0.2) is 0 Å². The van der Waals surface area contributed by atoms with Crippen LogP contribution in [-0.2, 0) is 13.0 Å². The van der Waals surface area contributed by atoms with Crippen LogP contribution in [0.5, 0.6) is 0 Å². The van der Waals surface area contributed by atoms with E-state index >= 15 is 0 Å². The number of hydrogen-bond donors (Lipinski definition) is 1. The molecule has 0 heterocycles. The molecule has 0 atom stereocenters. The monoisotopic (exact) mass is 239 g/mol. The molecule has 0 radical (unpaired) electrons. The molecule has 1 heteroatoms. The highest BCUT2D eigenvalue weighted by molar-refractivity contribution is 5.31. The average molecular weight is 239 g/mol. The Balaban J connectivity index is 2.13. The van der Waals surface area contributed by atoms with Crippen molar-refractivity contribution in [3.63, 3.8) is 0 Å². The fourth-order valence-electron chi connectivity index (χ4n) is 2.12. The summed E-state index contributed by atoms with van der Waals surface area (Å²) in [6.45, 7) is 5.06. The fourth-order valence-corrected chi connectivity index (χ4v) is 2.12. The van der Waals surface area contributed by atoms with Crippen LogP contribution < -0.4 is 5.73 Å². The molecule has 0 fully saturated rings. The number of rotatable bonds is 4. The van der Waals surface area contributed by atoms with E-state index in [2.05, 4.69) is 62.4 Å². The van der Waals surface area contributed by atoms with E-state index in [1.165, 1.54) is 22.3 Å². The minimum atomic E-state index is 0.597. The van der Waals surface area contributed by atoms with Gasteiger partial charge in [-0.3, -0.25) is 0 Å². The minimum absolute atomic E-state index is 0.597. The molecule has 0 amide bonds. The molecule has 2 rings (SSSR count). The first-order valence-corrected chi connectivity index (χ1v) is 6.56. The molecule has 2 N–H and O–H groups in total. The molecule has 0 saturated carbocycles. The highest BCUT2D eigenvalue weighted by Gasteiger charge is 2.00. The molecular weight excluding hydrogens is 218 g/mol. The molecule has 2 aromatic carbocycles. The Kier molecular flexibility index (Phi) is 4.16. The Hall–Kier alpha value is -1.60. The van der Waals surface area contributed by atoms with Crippen molar-refractivity contribution in [3.8, 4) is 0 Å². The van der Waals surface area contributed by atoms with Gasteiger partial charge in [0, 0.05) is 6.54 Å². The predicted molar refractivity (Wildman–Crippen MR) is 77.7 cm³/mol. The lowest BCUT2D eigenvalue weighted by molar-refractivity contribution is 0.865. The predicted octanol–water partition coefficient (Wildman–Crippen LogP) is 3.86.